The van der Waals surface area contributed by atoms with Crippen LogP contribution >= 0.6 is 0 Å². The standard InChI is InChI=1S/C21H21N5O3/c1-11-15(13-4-5-18(24-25-23)14(8-13)10-22)6-7-26-19(11)16(12-2-3-12)9-17(20(26)27)21(28)29/h4-9,12H,2-3,10,22H2,1H3,(H2,23,24)(H,28,29). The van der Waals surface area contributed by atoms with Gasteiger partial charge in [0.1, 0.15) is 5.56 Å². The lowest BCUT2D eigenvalue weighted by molar-refractivity contribution is 0.0694. The molecule has 0 aliphatic heterocycles. The molecule has 0 atom stereocenters. The second-order valence-corrected chi connectivity index (χ2v) is 7.23. The molecule has 2 heterocycles. The molecule has 4 rings (SSSR count). The first-order valence-electron chi connectivity index (χ1n) is 9.32. The van der Waals surface area contributed by atoms with Crippen LogP contribution in [-0.2, 0) is 6.54 Å². The number of pyridine rings is 2. The molecular weight excluding hydrogens is 370 g/mol. The van der Waals surface area contributed by atoms with E-state index in [9.17, 15) is 14.7 Å². The molecule has 1 saturated carbocycles. The fourth-order valence-corrected chi connectivity index (χ4v) is 3.84. The van der Waals surface area contributed by atoms with Crippen LogP contribution in [0.5, 0.6) is 0 Å². The van der Waals surface area contributed by atoms with Crippen molar-refractivity contribution in [1.29, 1.82) is 0 Å². The molecule has 2 aromatic heterocycles. The molecule has 0 unspecified atom stereocenters. The molecule has 148 valence electrons. The van der Waals surface area contributed by atoms with Gasteiger partial charge in [0.05, 0.1) is 11.2 Å². The molecule has 0 radical (unpaired) electrons. The van der Waals surface area contributed by atoms with Crippen LogP contribution in [0.3, 0.4) is 0 Å². The third-order valence-electron chi connectivity index (χ3n) is 5.44. The highest BCUT2D eigenvalue weighted by Crippen LogP contribution is 2.43. The molecule has 29 heavy (non-hydrogen) atoms. The minimum absolute atomic E-state index is 0.196. The molecule has 1 aromatic carbocycles. The van der Waals surface area contributed by atoms with Gasteiger partial charge in [0, 0.05) is 12.7 Å². The van der Waals surface area contributed by atoms with Crippen LogP contribution in [0.4, 0.5) is 5.69 Å². The Morgan fingerprint density at radius 2 is 2.03 bits per heavy atom. The van der Waals surface area contributed by atoms with Crippen LogP contribution in [0.1, 0.15) is 45.8 Å². The second-order valence-electron chi connectivity index (χ2n) is 7.23. The Labute approximate surface area is 166 Å². The molecule has 0 amide bonds. The fourth-order valence-electron chi connectivity index (χ4n) is 3.84. The number of carbonyl (C=O) groups is 1. The molecule has 3 aromatic rings. The average Bonchev–Trinajstić information content (AvgIpc) is 3.54. The van der Waals surface area contributed by atoms with E-state index in [1.54, 1.807) is 18.3 Å². The van der Waals surface area contributed by atoms with Crippen LogP contribution in [0.25, 0.3) is 16.6 Å². The average molecular weight is 391 g/mol. The summed E-state index contributed by atoms with van der Waals surface area (Å²) in [6.07, 6.45) is 3.63. The Morgan fingerprint density at radius 3 is 2.66 bits per heavy atom. The van der Waals surface area contributed by atoms with Gasteiger partial charge in [0.2, 0.25) is 0 Å². The Kier molecular flexibility index (Phi) is 4.63. The smallest absolute Gasteiger partial charge is 0.341 e. The van der Waals surface area contributed by atoms with Gasteiger partial charge in [-0.15, -0.1) is 5.11 Å². The van der Waals surface area contributed by atoms with E-state index in [1.807, 2.05) is 25.1 Å². The second kappa shape index (κ2) is 7.14. The maximum Gasteiger partial charge on any atom is 0.341 e. The quantitative estimate of drug-likeness (QED) is 0.348. The van der Waals surface area contributed by atoms with E-state index in [1.165, 1.54) is 4.40 Å². The number of fused-ring (bicyclic) bond motifs is 1. The van der Waals surface area contributed by atoms with Gasteiger partial charge in [0.15, 0.2) is 0 Å². The SMILES string of the molecule is Cc1c(-c2ccc(N=NN)c(CN)c2)ccn2c(=O)c(C(=O)O)cc(C3CC3)c12. The van der Waals surface area contributed by atoms with Crippen LogP contribution < -0.4 is 17.1 Å². The van der Waals surface area contributed by atoms with Gasteiger partial charge in [-0.05, 0) is 77.8 Å². The summed E-state index contributed by atoms with van der Waals surface area (Å²) < 4.78 is 1.46. The van der Waals surface area contributed by atoms with Crippen LogP contribution in [-0.4, -0.2) is 15.5 Å². The minimum atomic E-state index is -1.20. The lowest BCUT2D eigenvalue weighted by Crippen LogP contribution is -2.23. The van der Waals surface area contributed by atoms with E-state index in [0.29, 0.717) is 5.69 Å². The highest BCUT2D eigenvalue weighted by Gasteiger charge is 2.29. The van der Waals surface area contributed by atoms with Crippen molar-refractivity contribution >= 4 is 17.2 Å². The molecule has 1 fully saturated rings. The molecule has 8 heteroatoms. The van der Waals surface area contributed by atoms with E-state index < -0.39 is 11.5 Å². The third-order valence-corrected chi connectivity index (χ3v) is 5.44. The molecule has 0 spiro atoms. The van der Waals surface area contributed by atoms with Gasteiger partial charge in [-0.2, -0.15) is 0 Å². The predicted octanol–water partition coefficient (Wildman–Crippen LogP) is 3.27. The molecular formula is C21H21N5O3. The topological polar surface area (TPSA) is 136 Å². The summed E-state index contributed by atoms with van der Waals surface area (Å²) in [5.41, 5.74) is 11.0. The third kappa shape index (κ3) is 3.17. The van der Waals surface area contributed by atoms with Crippen molar-refractivity contribution in [2.24, 2.45) is 21.9 Å². The van der Waals surface area contributed by atoms with Gasteiger partial charge in [-0.1, -0.05) is 11.3 Å². The summed E-state index contributed by atoms with van der Waals surface area (Å²) in [6.45, 7) is 2.23. The van der Waals surface area contributed by atoms with Gasteiger partial charge < -0.3 is 16.7 Å². The lowest BCUT2D eigenvalue weighted by atomic mass is 9.95. The van der Waals surface area contributed by atoms with Crippen molar-refractivity contribution in [1.82, 2.24) is 4.40 Å². The van der Waals surface area contributed by atoms with E-state index in [0.717, 1.165) is 46.2 Å². The van der Waals surface area contributed by atoms with Crippen molar-refractivity contribution in [2.75, 3.05) is 0 Å². The minimum Gasteiger partial charge on any atom is -0.477 e. The zero-order valence-corrected chi connectivity index (χ0v) is 15.9. The molecule has 0 saturated heterocycles. The first-order chi connectivity index (χ1) is 14.0. The Bertz CT molecular complexity index is 1230. The predicted molar refractivity (Wildman–Crippen MR) is 109 cm³/mol. The van der Waals surface area contributed by atoms with Crippen LogP contribution in [0.2, 0.25) is 0 Å². The highest BCUT2D eigenvalue weighted by atomic mass is 16.4. The first kappa shape index (κ1) is 18.8. The van der Waals surface area contributed by atoms with Crippen molar-refractivity contribution in [3.05, 3.63) is 69.1 Å². The maximum absolute atomic E-state index is 12.7. The molecule has 0 bridgehead atoms. The summed E-state index contributed by atoms with van der Waals surface area (Å²) in [6, 6.07) is 9.02. The summed E-state index contributed by atoms with van der Waals surface area (Å²) >= 11 is 0. The normalized spacial score (nSPS) is 14.0. The Morgan fingerprint density at radius 1 is 1.28 bits per heavy atom. The number of nitrogens with two attached hydrogens (primary N) is 2. The number of carboxylic acid groups (broad SMARTS) is 1. The molecule has 1 aliphatic carbocycles. The summed E-state index contributed by atoms with van der Waals surface area (Å²) in [4.78, 5) is 24.3. The van der Waals surface area contributed by atoms with Gasteiger partial charge in [0.25, 0.3) is 5.56 Å². The number of aromatic carboxylic acids is 1. The number of rotatable bonds is 5. The number of carboxylic acids is 1. The first-order valence-corrected chi connectivity index (χ1v) is 9.32. The van der Waals surface area contributed by atoms with Gasteiger partial charge in [-0.25, -0.2) is 4.79 Å². The molecule has 1 aliphatic rings. The summed E-state index contributed by atoms with van der Waals surface area (Å²) in [5, 5.41) is 16.6. The van der Waals surface area contributed by atoms with E-state index in [-0.39, 0.29) is 18.0 Å². The largest absolute Gasteiger partial charge is 0.477 e. The maximum atomic E-state index is 12.7. The van der Waals surface area contributed by atoms with Crippen molar-refractivity contribution in [3.63, 3.8) is 0 Å². The number of hydrogen-bond acceptors (Lipinski definition) is 5. The number of nitrogens with zero attached hydrogens (tertiary/aromatic N) is 3. The van der Waals surface area contributed by atoms with E-state index >= 15 is 0 Å². The Balaban J connectivity index is 1.98. The van der Waals surface area contributed by atoms with Crippen molar-refractivity contribution < 1.29 is 9.90 Å². The van der Waals surface area contributed by atoms with E-state index in [4.69, 9.17) is 11.6 Å². The molecule has 8 nitrogen and oxygen atoms in total. The van der Waals surface area contributed by atoms with Crippen LogP contribution in [0, 0.1) is 6.92 Å². The lowest BCUT2D eigenvalue weighted by Gasteiger charge is -2.16. The van der Waals surface area contributed by atoms with Crippen molar-refractivity contribution in [3.8, 4) is 11.1 Å². The highest BCUT2D eigenvalue weighted by molar-refractivity contribution is 5.89. The molecule has 5 N–H and O–H groups in total. The van der Waals surface area contributed by atoms with Gasteiger partial charge >= 0.3 is 5.97 Å². The zero-order chi connectivity index (χ0) is 20.7. The number of aryl methyl sites for hydroxylation is 1. The number of aromatic nitrogens is 1. The Hall–Kier alpha value is -3.52. The monoisotopic (exact) mass is 391 g/mol. The van der Waals surface area contributed by atoms with E-state index in [2.05, 4.69) is 10.3 Å². The van der Waals surface area contributed by atoms with Crippen LogP contribution in [0.15, 0.2) is 51.7 Å². The zero-order valence-electron chi connectivity index (χ0n) is 15.9. The summed E-state index contributed by atoms with van der Waals surface area (Å²) in [7, 11) is 0. The number of benzene rings is 1. The fraction of sp³-hybridized carbons (Fsp3) is 0.238. The van der Waals surface area contributed by atoms with Crippen molar-refractivity contribution in [2.45, 2.75) is 32.2 Å². The van der Waals surface area contributed by atoms with Gasteiger partial charge in [-0.3, -0.25) is 9.20 Å². The number of hydrogen-bond donors (Lipinski definition) is 3. The summed E-state index contributed by atoms with van der Waals surface area (Å²) in [5.74, 6) is 4.24.